The van der Waals surface area contributed by atoms with Crippen molar-refractivity contribution < 1.29 is 9.90 Å². The van der Waals surface area contributed by atoms with Crippen LogP contribution in [0.3, 0.4) is 0 Å². The van der Waals surface area contributed by atoms with Crippen LogP contribution in [0.1, 0.15) is 5.56 Å². The molecule has 0 saturated carbocycles. The van der Waals surface area contributed by atoms with Crippen molar-refractivity contribution in [3.63, 3.8) is 0 Å². The molecular formula is C14H12Cl2N2O2S. The number of nitrogens with one attached hydrogen (secondary N) is 1. The Balaban J connectivity index is 1.89. The molecule has 0 unspecified atom stereocenters. The molecule has 0 aliphatic carbocycles. The van der Waals surface area contributed by atoms with Crippen molar-refractivity contribution in [1.29, 1.82) is 0 Å². The zero-order chi connectivity index (χ0) is 15.2. The van der Waals surface area contributed by atoms with E-state index in [4.69, 9.17) is 28.3 Å². The quantitative estimate of drug-likeness (QED) is 0.814. The maximum Gasteiger partial charge on any atom is 0.235 e. The highest BCUT2D eigenvalue weighted by atomic mass is 35.5. The number of carbonyl (C=O) groups is 1. The molecule has 0 aliphatic rings. The third-order valence-electron chi connectivity index (χ3n) is 2.54. The maximum atomic E-state index is 11.8. The van der Waals surface area contributed by atoms with Crippen LogP contribution in [0.5, 0.6) is 0 Å². The van der Waals surface area contributed by atoms with Gasteiger partial charge >= 0.3 is 0 Å². The van der Waals surface area contributed by atoms with Crippen LogP contribution in [0, 0.1) is 0 Å². The number of carbonyl (C=O) groups excluding carboxylic acids is 1. The molecule has 7 heteroatoms. The lowest BCUT2D eigenvalue weighted by molar-refractivity contribution is -0.113. The third kappa shape index (κ3) is 4.89. The van der Waals surface area contributed by atoms with Gasteiger partial charge in [0.25, 0.3) is 0 Å². The molecule has 1 aromatic heterocycles. The zero-order valence-electron chi connectivity index (χ0n) is 10.8. The Labute approximate surface area is 136 Å². The van der Waals surface area contributed by atoms with E-state index < -0.39 is 0 Å². The highest BCUT2D eigenvalue weighted by Gasteiger charge is 2.08. The SMILES string of the molecule is O=C(CSc1ccc(CO)cc1)Nc1ncc(Cl)cc1Cl. The molecule has 0 atom stereocenters. The Morgan fingerprint density at radius 2 is 2.00 bits per heavy atom. The van der Waals surface area contributed by atoms with E-state index in [0.29, 0.717) is 15.9 Å². The normalized spacial score (nSPS) is 10.4. The molecule has 110 valence electrons. The monoisotopic (exact) mass is 342 g/mol. The van der Waals surface area contributed by atoms with Gasteiger partial charge in [-0.2, -0.15) is 0 Å². The van der Waals surface area contributed by atoms with Crippen molar-refractivity contribution in [2.75, 3.05) is 11.1 Å². The number of amides is 1. The van der Waals surface area contributed by atoms with Gasteiger partial charge in [-0.05, 0) is 23.8 Å². The number of anilines is 1. The minimum Gasteiger partial charge on any atom is -0.392 e. The van der Waals surface area contributed by atoms with Crippen molar-refractivity contribution in [2.24, 2.45) is 0 Å². The summed E-state index contributed by atoms with van der Waals surface area (Å²) in [6, 6.07) is 8.87. The van der Waals surface area contributed by atoms with Gasteiger partial charge in [-0.25, -0.2) is 4.98 Å². The van der Waals surface area contributed by atoms with Gasteiger partial charge in [-0.15, -0.1) is 11.8 Å². The summed E-state index contributed by atoms with van der Waals surface area (Å²) in [7, 11) is 0. The fourth-order valence-corrected chi connectivity index (χ4v) is 2.64. The number of nitrogens with zero attached hydrogens (tertiary/aromatic N) is 1. The summed E-state index contributed by atoms with van der Waals surface area (Å²) in [5, 5.41) is 12.3. The first-order valence-electron chi connectivity index (χ1n) is 6.02. The number of aliphatic hydroxyl groups excluding tert-OH is 1. The van der Waals surface area contributed by atoms with Crippen molar-refractivity contribution in [3.05, 3.63) is 52.1 Å². The number of pyridine rings is 1. The van der Waals surface area contributed by atoms with Crippen LogP contribution in [0.25, 0.3) is 0 Å². The summed E-state index contributed by atoms with van der Waals surface area (Å²) in [5.41, 5.74) is 0.834. The lowest BCUT2D eigenvalue weighted by atomic mass is 10.2. The lowest BCUT2D eigenvalue weighted by Crippen LogP contribution is -2.15. The minimum absolute atomic E-state index is 0.00612. The summed E-state index contributed by atoms with van der Waals surface area (Å²) in [6.45, 7) is 0.00612. The van der Waals surface area contributed by atoms with Crippen molar-refractivity contribution in [1.82, 2.24) is 4.98 Å². The maximum absolute atomic E-state index is 11.8. The largest absolute Gasteiger partial charge is 0.392 e. The van der Waals surface area contributed by atoms with Crippen LogP contribution < -0.4 is 5.32 Å². The summed E-state index contributed by atoms with van der Waals surface area (Å²) < 4.78 is 0. The molecule has 0 radical (unpaired) electrons. The van der Waals surface area contributed by atoms with Crippen LogP contribution in [0.4, 0.5) is 5.82 Å². The number of benzene rings is 1. The Kier molecular flexibility index (Phi) is 5.87. The second-order valence-corrected chi connectivity index (χ2v) is 6.02. The number of hydrogen-bond acceptors (Lipinski definition) is 4. The van der Waals surface area contributed by atoms with Crippen LogP contribution in [0.2, 0.25) is 10.0 Å². The Morgan fingerprint density at radius 3 is 2.62 bits per heavy atom. The average molecular weight is 343 g/mol. The van der Waals surface area contributed by atoms with E-state index in [9.17, 15) is 4.79 Å². The van der Waals surface area contributed by atoms with E-state index in [-0.39, 0.29) is 18.3 Å². The molecule has 0 spiro atoms. The molecule has 1 aromatic carbocycles. The molecule has 4 nitrogen and oxygen atoms in total. The Morgan fingerprint density at radius 1 is 1.29 bits per heavy atom. The van der Waals surface area contributed by atoms with Gasteiger partial charge in [-0.3, -0.25) is 4.79 Å². The zero-order valence-corrected chi connectivity index (χ0v) is 13.2. The van der Waals surface area contributed by atoms with Crippen LogP contribution in [-0.4, -0.2) is 21.8 Å². The summed E-state index contributed by atoms with van der Waals surface area (Å²) in [5.74, 6) is 0.323. The molecule has 2 N–H and O–H groups in total. The van der Waals surface area contributed by atoms with E-state index in [1.807, 2.05) is 24.3 Å². The van der Waals surface area contributed by atoms with Gasteiger partial charge in [0.15, 0.2) is 5.82 Å². The Bertz CT molecular complexity index is 635. The molecule has 1 amide bonds. The first-order valence-corrected chi connectivity index (χ1v) is 7.76. The van der Waals surface area contributed by atoms with Crippen molar-refractivity contribution in [3.8, 4) is 0 Å². The van der Waals surface area contributed by atoms with E-state index in [1.165, 1.54) is 24.0 Å². The summed E-state index contributed by atoms with van der Waals surface area (Å²) in [6.07, 6.45) is 1.42. The minimum atomic E-state index is -0.206. The van der Waals surface area contributed by atoms with E-state index in [1.54, 1.807) is 0 Å². The highest BCUT2D eigenvalue weighted by molar-refractivity contribution is 8.00. The fourth-order valence-electron chi connectivity index (χ4n) is 1.51. The molecule has 0 saturated heterocycles. The second-order valence-electron chi connectivity index (χ2n) is 4.12. The number of thioether (sulfide) groups is 1. The second kappa shape index (κ2) is 7.66. The first-order chi connectivity index (χ1) is 10.1. The predicted molar refractivity (Wildman–Crippen MR) is 86.0 cm³/mol. The van der Waals surface area contributed by atoms with Gasteiger partial charge in [0.05, 0.1) is 22.4 Å². The number of halogens is 2. The standard InChI is InChI=1S/C14H12Cl2N2O2S/c15-10-5-12(16)14(17-6-10)18-13(20)8-21-11-3-1-9(7-19)2-4-11/h1-6,19H,7-8H2,(H,17,18,20). The highest BCUT2D eigenvalue weighted by Crippen LogP contribution is 2.23. The van der Waals surface area contributed by atoms with Gasteiger partial charge in [0.2, 0.25) is 5.91 Å². The van der Waals surface area contributed by atoms with Gasteiger partial charge in [-0.1, -0.05) is 35.3 Å². The number of aromatic nitrogens is 1. The number of aliphatic hydroxyl groups is 1. The molecular weight excluding hydrogens is 331 g/mol. The van der Waals surface area contributed by atoms with Gasteiger partial charge in [0.1, 0.15) is 0 Å². The first kappa shape index (κ1) is 16.1. The summed E-state index contributed by atoms with van der Waals surface area (Å²) >= 11 is 13.1. The van der Waals surface area contributed by atoms with E-state index in [0.717, 1.165) is 10.5 Å². The van der Waals surface area contributed by atoms with Crippen molar-refractivity contribution >= 4 is 46.7 Å². The molecule has 0 fully saturated rings. The van der Waals surface area contributed by atoms with Crippen LogP contribution in [0.15, 0.2) is 41.4 Å². The average Bonchev–Trinajstić information content (AvgIpc) is 2.48. The molecule has 2 aromatic rings. The fraction of sp³-hybridized carbons (Fsp3) is 0.143. The van der Waals surface area contributed by atoms with E-state index >= 15 is 0 Å². The molecule has 21 heavy (non-hydrogen) atoms. The molecule has 0 aliphatic heterocycles. The number of rotatable bonds is 5. The van der Waals surface area contributed by atoms with Gasteiger partial charge < -0.3 is 10.4 Å². The predicted octanol–water partition coefficient (Wildman–Crippen LogP) is 3.61. The van der Waals surface area contributed by atoms with Gasteiger partial charge in [0, 0.05) is 11.1 Å². The topological polar surface area (TPSA) is 62.2 Å². The molecule has 0 bridgehead atoms. The smallest absolute Gasteiger partial charge is 0.235 e. The van der Waals surface area contributed by atoms with Crippen LogP contribution >= 0.6 is 35.0 Å². The van der Waals surface area contributed by atoms with Crippen molar-refractivity contribution in [2.45, 2.75) is 11.5 Å². The van der Waals surface area contributed by atoms with Crippen LogP contribution in [-0.2, 0) is 11.4 Å². The molecule has 2 rings (SSSR count). The lowest BCUT2D eigenvalue weighted by Gasteiger charge is -2.06. The summed E-state index contributed by atoms with van der Waals surface area (Å²) in [4.78, 5) is 16.7. The Hall–Kier alpha value is -1.27. The third-order valence-corrected chi connectivity index (χ3v) is 4.05. The number of hydrogen-bond donors (Lipinski definition) is 2. The molecule has 1 heterocycles. The van der Waals surface area contributed by atoms with E-state index in [2.05, 4.69) is 10.3 Å².